The molecule has 0 unspecified atom stereocenters. The van der Waals surface area contributed by atoms with Crippen molar-refractivity contribution in [1.82, 2.24) is 0 Å². The summed E-state index contributed by atoms with van der Waals surface area (Å²) in [6.07, 6.45) is 8.56. The molecule has 2 fully saturated rings. The van der Waals surface area contributed by atoms with E-state index in [1.165, 1.54) is 0 Å². The minimum Gasteiger partial charge on any atom is -0.506 e. The average molecular weight is 527 g/mol. The van der Waals surface area contributed by atoms with Gasteiger partial charge in [-0.05, 0) is 74.3 Å². The minimum atomic E-state index is -0.335. The zero-order chi connectivity index (χ0) is 26.6. The van der Waals surface area contributed by atoms with Crippen LogP contribution in [0.2, 0.25) is 0 Å². The molecule has 2 saturated carbocycles. The molecular weight excluding hydrogens is 496 g/mol. The molecule has 40 heavy (non-hydrogen) atoms. The zero-order valence-electron chi connectivity index (χ0n) is 22.2. The van der Waals surface area contributed by atoms with Gasteiger partial charge in [-0.15, -0.1) is 0 Å². The fraction of sp³-hybridized carbons (Fsp3) is 0.294. The van der Waals surface area contributed by atoms with Crippen molar-refractivity contribution in [2.75, 3.05) is 16.0 Å². The lowest BCUT2D eigenvalue weighted by Gasteiger charge is -2.40. The molecular formula is C34H30N4O2. The third-order valence-corrected chi connectivity index (χ3v) is 9.85. The molecule has 6 nitrogen and oxygen atoms in total. The van der Waals surface area contributed by atoms with Gasteiger partial charge in [0.15, 0.2) is 0 Å². The lowest BCUT2D eigenvalue weighted by Crippen LogP contribution is -2.46. The SMILES string of the molecule is O=C1C(c2ccc3cccc4c3c2NC2(CCCC2)N4)=C(O)/C1=c1\ccc2cccc3c2c1=NC1(CCCC1)N3. The summed E-state index contributed by atoms with van der Waals surface area (Å²) in [4.78, 5) is 19.3. The number of carbonyl (C=O) groups is 1. The molecule has 2 aliphatic heterocycles. The van der Waals surface area contributed by atoms with Crippen LogP contribution in [0.5, 0.6) is 0 Å². The number of carbonyl (C=O) groups excluding carboxylic acids is 1. The Morgan fingerprint density at radius 2 is 1.38 bits per heavy atom. The van der Waals surface area contributed by atoms with Crippen LogP contribution >= 0.6 is 0 Å². The molecule has 0 radical (unpaired) electrons. The van der Waals surface area contributed by atoms with Gasteiger partial charge < -0.3 is 21.1 Å². The Hall–Kier alpha value is -4.32. The smallest absolute Gasteiger partial charge is 0.201 e. The second kappa shape index (κ2) is 7.66. The van der Waals surface area contributed by atoms with Gasteiger partial charge in [-0.2, -0.15) is 0 Å². The number of rotatable bonds is 1. The largest absolute Gasteiger partial charge is 0.506 e. The first-order valence-electron chi connectivity index (χ1n) is 14.6. The van der Waals surface area contributed by atoms with Gasteiger partial charge in [0.25, 0.3) is 0 Å². The second-order valence-corrected chi connectivity index (χ2v) is 12.2. The highest BCUT2D eigenvalue weighted by Gasteiger charge is 2.42. The topological polar surface area (TPSA) is 85.8 Å². The van der Waals surface area contributed by atoms with Gasteiger partial charge in [0.2, 0.25) is 5.78 Å². The van der Waals surface area contributed by atoms with E-state index in [4.69, 9.17) is 4.99 Å². The molecule has 0 aromatic heterocycles. The van der Waals surface area contributed by atoms with Crippen LogP contribution in [0.3, 0.4) is 0 Å². The van der Waals surface area contributed by atoms with Crippen molar-refractivity contribution in [3.05, 3.63) is 82.6 Å². The van der Waals surface area contributed by atoms with Crippen LogP contribution in [0.15, 0.2) is 71.4 Å². The molecule has 5 aliphatic rings. The lowest BCUT2D eigenvalue weighted by atomic mass is 9.79. The predicted molar refractivity (Wildman–Crippen MR) is 160 cm³/mol. The Labute approximate surface area is 231 Å². The van der Waals surface area contributed by atoms with Crippen molar-refractivity contribution >= 4 is 55.5 Å². The van der Waals surface area contributed by atoms with E-state index in [9.17, 15) is 9.90 Å². The van der Waals surface area contributed by atoms with E-state index < -0.39 is 0 Å². The number of aliphatic hydroxyl groups is 1. The number of ketones is 1. The highest BCUT2D eigenvalue weighted by Crippen LogP contribution is 2.49. The van der Waals surface area contributed by atoms with Gasteiger partial charge in [0, 0.05) is 32.9 Å². The van der Waals surface area contributed by atoms with E-state index >= 15 is 0 Å². The van der Waals surface area contributed by atoms with E-state index in [-0.39, 0.29) is 22.9 Å². The Morgan fingerprint density at radius 1 is 0.700 bits per heavy atom. The maximum atomic E-state index is 14.1. The van der Waals surface area contributed by atoms with Crippen molar-refractivity contribution in [3.8, 4) is 0 Å². The van der Waals surface area contributed by atoms with Gasteiger partial charge in [0.1, 0.15) is 17.1 Å². The van der Waals surface area contributed by atoms with E-state index in [0.29, 0.717) is 11.1 Å². The molecule has 2 heterocycles. The third-order valence-electron chi connectivity index (χ3n) is 9.85. The van der Waals surface area contributed by atoms with E-state index in [1.54, 1.807) is 0 Å². The standard InChI is InChI=1S/C34H30N4O2/c39-31-27(21-13-11-19-7-5-9-23-25(19)29(21)37-33(35-23)15-1-2-16-33)32(40)28(31)22-14-12-20-8-6-10-24-26(20)30(22)38-34(36-24)17-3-4-18-34/h5-14,35-37,39H,1-4,15-18H2/b28-22-. The Bertz CT molecular complexity index is 1980. The fourth-order valence-electron chi connectivity index (χ4n) is 7.95. The van der Waals surface area contributed by atoms with Crippen molar-refractivity contribution in [3.63, 3.8) is 0 Å². The van der Waals surface area contributed by atoms with Crippen LogP contribution in [0.1, 0.15) is 56.9 Å². The predicted octanol–water partition coefficient (Wildman–Crippen LogP) is 6.12. The van der Waals surface area contributed by atoms with E-state index in [2.05, 4.69) is 58.4 Å². The van der Waals surface area contributed by atoms with Crippen molar-refractivity contribution in [2.45, 2.75) is 62.7 Å². The van der Waals surface area contributed by atoms with Crippen molar-refractivity contribution < 1.29 is 9.90 Å². The molecule has 0 amide bonds. The normalized spacial score (nSPS) is 22.8. The van der Waals surface area contributed by atoms with Gasteiger partial charge >= 0.3 is 0 Å². The molecule has 9 rings (SSSR count). The zero-order valence-corrected chi connectivity index (χ0v) is 22.2. The lowest BCUT2D eigenvalue weighted by molar-refractivity contribution is -0.109. The van der Waals surface area contributed by atoms with Crippen LogP contribution in [0, 0.1) is 0 Å². The molecule has 0 saturated heterocycles. The summed E-state index contributed by atoms with van der Waals surface area (Å²) in [5.74, 6) is -0.0464. The highest BCUT2D eigenvalue weighted by molar-refractivity contribution is 6.52. The number of hydrogen-bond donors (Lipinski definition) is 4. The number of benzene rings is 4. The van der Waals surface area contributed by atoms with E-state index in [0.717, 1.165) is 106 Å². The van der Waals surface area contributed by atoms with Crippen LogP contribution in [-0.2, 0) is 4.79 Å². The number of nitrogens with one attached hydrogen (secondary N) is 3. The Morgan fingerprint density at radius 3 is 2.12 bits per heavy atom. The number of nitrogens with zero attached hydrogens (tertiary/aromatic N) is 1. The van der Waals surface area contributed by atoms with Crippen LogP contribution in [0.4, 0.5) is 17.1 Å². The fourth-order valence-corrected chi connectivity index (χ4v) is 7.95. The molecule has 4 aromatic carbocycles. The molecule has 6 heteroatoms. The molecule has 198 valence electrons. The van der Waals surface area contributed by atoms with Gasteiger partial charge in [-0.25, -0.2) is 0 Å². The van der Waals surface area contributed by atoms with Crippen LogP contribution in [-0.4, -0.2) is 22.2 Å². The minimum absolute atomic E-state index is 0.0705. The molecule has 4 aromatic rings. The number of Topliss-reactive ketones (excluding diaryl/α,β-unsaturated/α-hetero) is 1. The molecule has 0 bridgehead atoms. The van der Waals surface area contributed by atoms with Crippen LogP contribution in [0.25, 0.3) is 32.7 Å². The van der Waals surface area contributed by atoms with Gasteiger partial charge in [-0.1, -0.05) is 48.5 Å². The summed E-state index contributed by atoms with van der Waals surface area (Å²) in [5.41, 5.74) is 4.10. The first kappa shape index (κ1) is 22.5. The maximum Gasteiger partial charge on any atom is 0.201 e. The summed E-state index contributed by atoms with van der Waals surface area (Å²) < 4.78 is 0. The van der Waals surface area contributed by atoms with Gasteiger partial charge in [0.05, 0.1) is 22.2 Å². The maximum absolute atomic E-state index is 14.1. The van der Waals surface area contributed by atoms with E-state index in [1.807, 2.05) is 18.2 Å². The quantitative estimate of drug-likeness (QED) is 0.240. The third kappa shape index (κ3) is 2.88. The summed E-state index contributed by atoms with van der Waals surface area (Å²) >= 11 is 0. The van der Waals surface area contributed by atoms with Crippen molar-refractivity contribution in [1.29, 1.82) is 0 Å². The monoisotopic (exact) mass is 526 g/mol. The number of allylic oxidation sites excluding steroid dienone is 2. The summed E-state index contributed by atoms with van der Waals surface area (Å²) in [6, 6.07) is 20.6. The Kier molecular flexibility index (Phi) is 4.31. The molecule has 0 atom stereocenters. The number of aliphatic hydroxyl groups excluding tert-OH is 1. The first-order valence-corrected chi connectivity index (χ1v) is 14.6. The van der Waals surface area contributed by atoms with Crippen molar-refractivity contribution in [2.24, 2.45) is 4.99 Å². The summed E-state index contributed by atoms with van der Waals surface area (Å²) in [6.45, 7) is 0. The number of anilines is 3. The number of hydrogen-bond acceptors (Lipinski definition) is 6. The average Bonchev–Trinajstić information content (AvgIpc) is 3.61. The Balaban J connectivity index is 1.29. The van der Waals surface area contributed by atoms with Crippen LogP contribution < -0.4 is 26.5 Å². The molecule has 4 N–H and O–H groups in total. The molecule has 2 spiro atoms. The summed E-state index contributed by atoms with van der Waals surface area (Å²) in [5, 5.41) is 28.8. The van der Waals surface area contributed by atoms with Gasteiger partial charge in [-0.3, -0.25) is 9.79 Å². The summed E-state index contributed by atoms with van der Waals surface area (Å²) in [7, 11) is 0. The second-order valence-electron chi connectivity index (χ2n) is 12.2. The molecule has 3 aliphatic carbocycles. The highest BCUT2D eigenvalue weighted by atomic mass is 16.3. The first-order chi connectivity index (χ1) is 19.5.